The number of hydrogen-bond acceptors (Lipinski definition) is 5. The highest BCUT2D eigenvalue weighted by Crippen LogP contribution is 2.17. The number of nitro benzene ring substituents is 1. The van der Waals surface area contributed by atoms with Crippen LogP contribution >= 0.6 is 0 Å². The van der Waals surface area contributed by atoms with Crippen LogP contribution in [0.5, 0.6) is 5.75 Å². The second-order valence-corrected chi connectivity index (χ2v) is 5.03. The second kappa shape index (κ2) is 7.21. The van der Waals surface area contributed by atoms with Crippen molar-refractivity contribution in [1.29, 1.82) is 0 Å². The van der Waals surface area contributed by atoms with Crippen LogP contribution in [0, 0.1) is 10.1 Å². The average Bonchev–Trinajstić information content (AvgIpc) is 2.46. The average molecular weight is 280 g/mol. The summed E-state index contributed by atoms with van der Waals surface area (Å²) in [4.78, 5) is 12.4. The van der Waals surface area contributed by atoms with Gasteiger partial charge in [-0.05, 0) is 31.4 Å². The van der Waals surface area contributed by atoms with Crippen molar-refractivity contribution >= 4 is 5.69 Å². The summed E-state index contributed by atoms with van der Waals surface area (Å²) in [6.07, 6.45) is 2.47. The van der Waals surface area contributed by atoms with Gasteiger partial charge in [-0.3, -0.25) is 10.1 Å². The minimum Gasteiger partial charge on any atom is -0.494 e. The number of rotatable bonds is 6. The van der Waals surface area contributed by atoms with Crippen molar-refractivity contribution in [3.63, 3.8) is 0 Å². The van der Waals surface area contributed by atoms with Crippen LogP contribution in [-0.4, -0.2) is 47.3 Å². The first kappa shape index (κ1) is 14.7. The summed E-state index contributed by atoms with van der Waals surface area (Å²) in [5, 5.41) is 19.9. The fraction of sp³-hybridized carbons (Fsp3) is 0.571. The Bertz CT molecular complexity index is 427. The molecule has 0 atom stereocenters. The summed E-state index contributed by atoms with van der Waals surface area (Å²) in [5.41, 5.74) is 0.0734. The Kier molecular flexibility index (Phi) is 5.31. The molecule has 1 aliphatic heterocycles. The highest BCUT2D eigenvalue weighted by molar-refractivity contribution is 5.35. The number of non-ortho nitro benzene ring substituents is 1. The molecule has 110 valence electrons. The SMILES string of the molecule is O=[N+]([O-])c1ccc(OCCCN2CCC(O)CC2)cc1. The first-order valence-corrected chi connectivity index (χ1v) is 6.93. The predicted molar refractivity (Wildman–Crippen MR) is 74.9 cm³/mol. The monoisotopic (exact) mass is 280 g/mol. The normalized spacial score (nSPS) is 17.1. The lowest BCUT2D eigenvalue weighted by Gasteiger charge is -2.29. The molecule has 1 aromatic carbocycles. The molecule has 6 heteroatoms. The summed E-state index contributed by atoms with van der Waals surface area (Å²) >= 11 is 0. The van der Waals surface area contributed by atoms with Gasteiger partial charge in [-0.1, -0.05) is 0 Å². The van der Waals surface area contributed by atoms with Gasteiger partial charge < -0.3 is 14.7 Å². The molecule has 0 saturated carbocycles. The molecule has 6 nitrogen and oxygen atoms in total. The van der Waals surface area contributed by atoms with Gasteiger partial charge in [-0.2, -0.15) is 0 Å². The zero-order chi connectivity index (χ0) is 14.4. The van der Waals surface area contributed by atoms with Gasteiger partial charge in [0.15, 0.2) is 0 Å². The van der Waals surface area contributed by atoms with Gasteiger partial charge >= 0.3 is 0 Å². The largest absolute Gasteiger partial charge is 0.494 e. The number of aliphatic hydroxyl groups is 1. The molecule has 2 rings (SSSR count). The van der Waals surface area contributed by atoms with Crippen LogP contribution < -0.4 is 4.74 Å². The zero-order valence-corrected chi connectivity index (χ0v) is 11.4. The molecule has 1 aliphatic rings. The number of likely N-dealkylation sites (tertiary alicyclic amines) is 1. The standard InChI is InChI=1S/C14H20N2O4/c17-13-6-9-15(10-7-13)8-1-11-20-14-4-2-12(3-5-14)16(18)19/h2-5,13,17H,1,6-11H2. The van der Waals surface area contributed by atoms with E-state index in [0.717, 1.165) is 38.9 Å². The highest BCUT2D eigenvalue weighted by Gasteiger charge is 2.16. The maximum absolute atomic E-state index is 10.5. The molecule has 0 spiro atoms. The lowest BCUT2D eigenvalue weighted by Crippen LogP contribution is -2.36. The van der Waals surface area contributed by atoms with E-state index in [4.69, 9.17) is 4.74 Å². The van der Waals surface area contributed by atoms with Crippen molar-refractivity contribution < 1.29 is 14.8 Å². The molecule has 0 aliphatic carbocycles. The third-order valence-corrected chi connectivity index (χ3v) is 3.49. The molecular formula is C14H20N2O4. The molecule has 0 unspecified atom stereocenters. The summed E-state index contributed by atoms with van der Waals surface area (Å²) < 4.78 is 5.55. The molecule has 1 aromatic rings. The van der Waals surface area contributed by atoms with Crippen LogP contribution in [-0.2, 0) is 0 Å². The van der Waals surface area contributed by atoms with Crippen molar-refractivity contribution in [2.75, 3.05) is 26.2 Å². The topological polar surface area (TPSA) is 75.8 Å². The van der Waals surface area contributed by atoms with E-state index in [-0.39, 0.29) is 11.8 Å². The number of hydrogen-bond donors (Lipinski definition) is 1. The molecule has 1 fully saturated rings. The molecule has 1 saturated heterocycles. The number of nitro groups is 1. The Morgan fingerprint density at radius 1 is 1.30 bits per heavy atom. The lowest BCUT2D eigenvalue weighted by molar-refractivity contribution is -0.384. The summed E-state index contributed by atoms with van der Waals surface area (Å²) in [7, 11) is 0. The van der Waals surface area contributed by atoms with Gasteiger partial charge in [0.2, 0.25) is 0 Å². The minimum absolute atomic E-state index is 0.0734. The van der Waals surface area contributed by atoms with Crippen molar-refractivity contribution in [2.45, 2.75) is 25.4 Å². The first-order chi connectivity index (χ1) is 9.65. The Balaban J connectivity index is 1.64. The smallest absolute Gasteiger partial charge is 0.269 e. The summed E-state index contributed by atoms with van der Waals surface area (Å²) in [6.45, 7) is 3.44. The first-order valence-electron chi connectivity index (χ1n) is 6.93. The van der Waals surface area contributed by atoms with Crippen molar-refractivity contribution in [3.8, 4) is 5.75 Å². The molecule has 0 radical (unpaired) electrons. The van der Waals surface area contributed by atoms with E-state index >= 15 is 0 Å². The third kappa shape index (κ3) is 4.47. The number of ether oxygens (including phenoxy) is 1. The van der Waals surface area contributed by atoms with Gasteiger partial charge in [0, 0.05) is 31.8 Å². The Labute approximate surface area is 118 Å². The van der Waals surface area contributed by atoms with Gasteiger partial charge in [0.1, 0.15) is 5.75 Å². The van der Waals surface area contributed by atoms with E-state index in [1.807, 2.05) is 0 Å². The van der Waals surface area contributed by atoms with E-state index in [1.54, 1.807) is 12.1 Å². The highest BCUT2D eigenvalue weighted by atomic mass is 16.6. The third-order valence-electron chi connectivity index (χ3n) is 3.49. The number of nitrogens with zero attached hydrogens (tertiary/aromatic N) is 2. The van der Waals surface area contributed by atoms with Crippen LogP contribution in [0.25, 0.3) is 0 Å². The second-order valence-electron chi connectivity index (χ2n) is 5.03. The fourth-order valence-corrected chi connectivity index (χ4v) is 2.29. The molecule has 0 bridgehead atoms. The molecule has 1 heterocycles. The van der Waals surface area contributed by atoms with Crippen molar-refractivity contribution in [3.05, 3.63) is 34.4 Å². The van der Waals surface area contributed by atoms with Gasteiger partial charge in [-0.25, -0.2) is 0 Å². The van der Waals surface area contributed by atoms with E-state index in [2.05, 4.69) is 4.90 Å². The Morgan fingerprint density at radius 2 is 1.95 bits per heavy atom. The van der Waals surface area contributed by atoms with E-state index < -0.39 is 4.92 Å². The minimum atomic E-state index is -0.422. The van der Waals surface area contributed by atoms with Gasteiger partial charge in [0.05, 0.1) is 17.6 Å². The van der Waals surface area contributed by atoms with E-state index in [9.17, 15) is 15.2 Å². The predicted octanol–water partition coefficient (Wildman–Crippen LogP) is 1.82. The van der Waals surface area contributed by atoms with Crippen LogP contribution in [0.4, 0.5) is 5.69 Å². The summed E-state index contributed by atoms with van der Waals surface area (Å²) in [6, 6.07) is 6.13. The van der Waals surface area contributed by atoms with Crippen LogP contribution in [0.1, 0.15) is 19.3 Å². The fourth-order valence-electron chi connectivity index (χ4n) is 2.29. The molecular weight excluding hydrogens is 260 g/mol. The Morgan fingerprint density at radius 3 is 2.55 bits per heavy atom. The van der Waals surface area contributed by atoms with Crippen LogP contribution in [0.15, 0.2) is 24.3 Å². The molecule has 0 aromatic heterocycles. The quantitative estimate of drug-likeness (QED) is 0.488. The van der Waals surface area contributed by atoms with E-state index in [0.29, 0.717) is 12.4 Å². The van der Waals surface area contributed by atoms with Gasteiger partial charge in [-0.15, -0.1) is 0 Å². The number of benzene rings is 1. The van der Waals surface area contributed by atoms with Crippen molar-refractivity contribution in [2.24, 2.45) is 0 Å². The zero-order valence-electron chi connectivity index (χ0n) is 11.4. The number of piperidine rings is 1. The van der Waals surface area contributed by atoms with Crippen LogP contribution in [0.3, 0.4) is 0 Å². The van der Waals surface area contributed by atoms with E-state index in [1.165, 1.54) is 12.1 Å². The van der Waals surface area contributed by atoms with Crippen LogP contribution in [0.2, 0.25) is 0 Å². The van der Waals surface area contributed by atoms with Gasteiger partial charge in [0.25, 0.3) is 5.69 Å². The molecule has 0 amide bonds. The van der Waals surface area contributed by atoms with Crippen molar-refractivity contribution in [1.82, 2.24) is 4.90 Å². The Hall–Kier alpha value is -1.66. The lowest BCUT2D eigenvalue weighted by atomic mass is 10.1. The number of aliphatic hydroxyl groups excluding tert-OH is 1. The maximum Gasteiger partial charge on any atom is 0.269 e. The summed E-state index contributed by atoms with van der Waals surface area (Å²) in [5.74, 6) is 0.657. The maximum atomic E-state index is 10.5. The molecule has 20 heavy (non-hydrogen) atoms. The molecule has 1 N–H and O–H groups in total.